The number of ether oxygens (including phenoxy) is 1. The lowest BCUT2D eigenvalue weighted by Gasteiger charge is -2.05. The Morgan fingerprint density at radius 2 is 2.09 bits per heavy atom. The minimum atomic E-state index is -1.07. The molecule has 22 heavy (non-hydrogen) atoms. The molecular weight excluding hydrogens is 312 g/mol. The van der Waals surface area contributed by atoms with Gasteiger partial charge in [-0.25, -0.2) is 18.7 Å². The number of hydrogen-bond acceptors (Lipinski definition) is 5. The molecule has 8 heteroatoms. The van der Waals surface area contributed by atoms with Gasteiger partial charge >= 0.3 is 0 Å². The van der Waals surface area contributed by atoms with Crippen molar-refractivity contribution in [1.29, 1.82) is 0 Å². The monoisotopic (exact) mass is 323 g/mol. The van der Waals surface area contributed by atoms with Gasteiger partial charge in [0.2, 0.25) is 0 Å². The summed E-state index contributed by atoms with van der Waals surface area (Å²) in [5, 5.41) is 2.65. The third kappa shape index (κ3) is 2.75. The summed E-state index contributed by atoms with van der Waals surface area (Å²) in [6.45, 7) is 0.612. The van der Waals surface area contributed by atoms with Crippen LogP contribution in [0.2, 0.25) is 0 Å². The van der Waals surface area contributed by atoms with Gasteiger partial charge in [0.1, 0.15) is 5.01 Å². The van der Waals surface area contributed by atoms with Crippen LogP contribution in [0.3, 0.4) is 0 Å². The minimum absolute atomic E-state index is 0.0359. The van der Waals surface area contributed by atoms with Gasteiger partial charge in [0.25, 0.3) is 5.56 Å². The fourth-order valence-electron chi connectivity index (χ4n) is 2.05. The molecule has 0 aliphatic carbocycles. The smallest absolute Gasteiger partial charge is 0.261 e. The highest BCUT2D eigenvalue weighted by Crippen LogP contribution is 2.14. The summed E-state index contributed by atoms with van der Waals surface area (Å²) >= 11 is 1.43. The molecular formula is C14H11F2N3O2S. The van der Waals surface area contributed by atoms with Crippen LogP contribution in [0.25, 0.3) is 10.9 Å². The van der Waals surface area contributed by atoms with E-state index < -0.39 is 17.2 Å². The summed E-state index contributed by atoms with van der Waals surface area (Å²) in [5.74, 6) is -2.10. The van der Waals surface area contributed by atoms with E-state index in [0.717, 1.165) is 17.1 Å². The van der Waals surface area contributed by atoms with E-state index in [1.807, 2.05) is 5.38 Å². The van der Waals surface area contributed by atoms with Gasteiger partial charge in [-0.15, -0.1) is 11.3 Å². The van der Waals surface area contributed by atoms with Gasteiger partial charge in [-0.05, 0) is 6.07 Å². The second-order valence-corrected chi connectivity index (χ2v) is 5.57. The maximum Gasteiger partial charge on any atom is 0.261 e. The maximum absolute atomic E-state index is 13.3. The summed E-state index contributed by atoms with van der Waals surface area (Å²) in [7, 11) is 1.58. The average Bonchev–Trinajstić information content (AvgIpc) is 2.92. The molecule has 0 aliphatic rings. The highest BCUT2D eigenvalue weighted by molar-refractivity contribution is 7.09. The Kier molecular flexibility index (Phi) is 3.95. The number of rotatable bonds is 4. The third-order valence-corrected chi connectivity index (χ3v) is 3.94. The standard InChI is InChI=1S/C14H11F2N3O2S/c1-21-5-13-18-8(6-22-13)4-19-7-17-12-3-11(16)10(15)2-9(12)14(19)20/h2-3,6-7H,4-5H2,1H3. The highest BCUT2D eigenvalue weighted by Gasteiger charge is 2.11. The molecule has 0 fully saturated rings. The van der Waals surface area contributed by atoms with E-state index in [-0.39, 0.29) is 17.4 Å². The first kappa shape index (κ1) is 14.7. The van der Waals surface area contributed by atoms with Crippen LogP contribution in [0.4, 0.5) is 8.78 Å². The van der Waals surface area contributed by atoms with Crippen molar-refractivity contribution in [2.45, 2.75) is 13.2 Å². The molecule has 0 aliphatic heterocycles. The van der Waals surface area contributed by atoms with Gasteiger partial charge in [-0.3, -0.25) is 9.36 Å². The quantitative estimate of drug-likeness (QED) is 0.739. The van der Waals surface area contributed by atoms with Gasteiger partial charge in [-0.1, -0.05) is 0 Å². The van der Waals surface area contributed by atoms with Crippen LogP contribution in [0.1, 0.15) is 10.7 Å². The van der Waals surface area contributed by atoms with E-state index in [1.165, 1.54) is 22.2 Å². The molecule has 0 N–H and O–H groups in total. The van der Waals surface area contributed by atoms with Crippen molar-refractivity contribution in [1.82, 2.24) is 14.5 Å². The predicted octanol–water partition coefficient (Wildman–Crippen LogP) is 2.33. The van der Waals surface area contributed by atoms with Crippen molar-refractivity contribution in [2.75, 3.05) is 7.11 Å². The van der Waals surface area contributed by atoms with Crippen LogP contribution >= 0.6 is 11.3 Å². The molecule has 3 rings (SSSR count). The number of halogens is 2. The molecule has 0 atom stereocenters. The number of fused-ring (bicyclic) bond motifs is 1. The average molecular weight is 323 g/mol. The topological polar surface area (TPSA) is 57.0 Å². The van der Waals surface area contributed by atoms with Crippen LogP contribution in [0, 0.1) is 11.6 Å². The van der Waals surface area contributed by atoms with Crippen molar-refractivity contribution in [3.8, 4) is 0 Å². The van der Waals surface area contributed by atoms with Crippen LogP contribution < -0.4 is 5.56 Å². The van der Waals surface area contributed by atoms with Gasteiger partial charge in [0.15, 0.2) is 11.6 Å². The molecule has 114 valence electrons. The zero-order valence-electron chi connectivity index (χ0n) is 11.5. The third-order valence-electron chi connectivity index (χ3n) is 3.07. The molecule has 0 saturated heterocycles. The first-order chi connectivity index (χ1) is 10.6. The molecule has 0 radical (unpaired) electrons. The van der Waals surface area contributed by atoms with E-state index in [0.29, 0.717) is 12.3 Å². The predicted molar refractivity (Wildman–Crippen MR) is 77.8 cm³/mol. The maximum atomic E-state index is 13.3. The molecule has 2 aromatic heterocycles. The molecule has 3 aromatic rings. The van der Waals surface area contributed by atoms with Crippen LogP contribution in [-0.4, -0.2) is 21.6 Å². The number of nitrogens with zero attached hydrogens (tertiary/aromatic N) is 3. The zero-order chi connectivity index (χ0) is 15.7. The van der Waals surface area contributed by atoms with Gasteiger partial charge in [0.05, 0.1) is 36.1 Å². The van der Waals surface area contributed by atoms with Gasteiger partial charge in [-0.2, -0.15) is 0 Å². The molecule has 2 heterocycles. The fraction of sp³-hybridized carbons (Fsp3) is 0.214. The van der Waals surface area contributed by atoms with Crippen LogP contribution in [-0.2, 0) is 17.9 Å². The highest BCUT2D eigenvalue weighted by atomic mass is 32.1. The van der Waals surface area contributed by atoms with Gasteiger partial charge < -0.3 is 4.74 Å². The largest absolute Gasteiger partial charge is 0.378 e. The molecule has 5 nitrogen and oxygen atoms in total. The molecule has 0 saturated carbocycles. The molecule has 0 spiro atoms. The lowest BCUT2D eigenvalue weighted by Crippen LogP contribution is -2.21. The molecule has 1 aromatic carbocycles. The van der Waals surface area contributed by atoms with Crippen LogP contribution in [0.15, 0.2) is 28.6 Å². The summed E-state index contributed by atoms with van der Waals surface area (Å²) in [6.07, 6.45) is 1.30. The molecule has 0 unspecified atom stereocenters. The van der Waals surface area contributed by atoms with Crippen LogP contribution in [0.5, 0.6) is 0 Å². The Labute approximate surface area is 127 Å². The summed E-state index contributed by atoms with van der Waals surface area (Å²) in [4.78, 5) is 20.6. The summed E-state index contributed by atoms with van der Waals surface area (Å²) < 4.78 is 32.8. The van der Waals surface area contributed by atoms with E-state index in [9.17, 15) is 13.6 Å². The second kappa shape index (κ2) is 5.90. The Balaban J connectivity index is 1.98. The van der Waals surface area contributed by atoms with Crippen molar-refractivity contribution in [3.63, 3.8) is 0 Å². The second-order valence-electron chi connectivity index (χ2n) is 4.63. The molecule has 0 amide bonds. The number of benzene rings is 1. The number of thiazole rings is 1. The van der Waals surface area contributed by atoms with E-state index in [2.05, 4.69) is 9.97 Å². The van der Waals surface area contributed by atoms with Crippen molar-refractivity contribution >= 4 is 22.2 Å². The lowest BCUT2D eigenvalue weighted by atomic mass is 10.2. The molecule has 0 bridgehead atoms. The van der Waals surface area contributed by atoms with E-state index >= 15 is 0 Å². The zero-order valence-corrected chi connectivity index (χ0v) is 12.4. The SMILES string of the molecule is COCc1nc(Cn2cnc3cc(F)c(F)cc3c2=O)cs1. The van der Waals surface area contributed by atoms with Gasteiger partial charge in [0, 0.05) is 18.6 Å². The minimum Gasteiger partial charge on any atom is -0.378 e. The Morgan fingerprint density at radius 3 is 2.86 bits per heavy atom. The summed E-state index contributed by atoms with van der Waals surface area (Å²) in [5.41, 5.74) is 0.367. The first-order valence-electron chi connectivity index (χ1n) is 6.35. The fourth-order valence-corrected chi connectivity index (χ4v) is 2.81. The Hall–Kier alpha value is -2.19. The number of aromatic nitrogens is 3. The first-order valence-corrected chi connectivity index (χ1v) is 7.23. The number of methoxy groups -OCH3 is 1. The Morgan fingerprint density at radius 1 is 1.32 bits per heavy atom. The van der Waals surface area contributed by atoms with E-state index in [4.69, 9.17) is 4.74 Å². The van der Waals surface area contributed by atoms with Crippen molar-refractivity contribution in [3.05, 3.63) is 56.5 Å². The van der Waals surface area contributed by atoms with E-state index in [1.54, 1.807) is 7.11 Å². The van der Waals surface area contributed by atoms with Crippen molar-refractivity contribution < 1.29 is 13.5 Å². The normalized spacial score (nSPS) is 11.2. The van der Waals surface area contributed by atoms with Crippen molar-refractivity contribution in [2.24, 2.45) is 0 Å². The summed E-state index contributed by atoms with van der Waals surface area (Å²) in [6, 6.07) is 1.78. The lowest BCUT2D eigenvalue weighted by molar-refractivity contribution is 0.184. The Bertz CT molecular complexity index is 891. The number of hydrogen-bond donors (Lipinski definition) is 0.